The van der Waals surface area contributed by atoms with Gasteiger partial charge in [0.25, 0.3) is 0 Å². The van der Waals surface area contributed by atoms with Gasteiger partial charge in [-0.2, -0.15) is 0 Å². The maximum atomic E-state index is 6.09. The van der Waals surface area contributed by atoms with Gasteiger partial charge in [-0.25, -0.2) is 0 Å². The molecule has 0 atom stereocenters. The number of hydrogen-bond acceptors (Lipinski definition) is 3. The van der Waals surface area contributed by atoms with Crippen LogP contribution in [-0.2, 0) is 10.8 Å². The van der Waals surface area contributed by atoms with Gasteiger partial charge in [-0.3, -0.25) is 4.98 Å². The first-order valence-corrected chi connectivity index (χ1v) is 7.88. The van der Waals surface area contributed by atoms with Crippen molar-refractivity contribution in [3.8, 4) is 16.2 Å². The molecular formula is C17H21NOS. The fourth-order valence-electron chi connectivity index (χ4n) is 2.87. The first-order valence-electron chi connectivity index (χ1n) is 7.00. The number of aromatic nitrogens is 1. The minimum absolute atomic E-state index is 0.0515. The Morgan fingerprint density at radius 3 is 2.60 bits per heavy atom. The molecule has 106 valence electrons. The van der Waals surface area contributed by atoms with Gasteiger partial charge in [0.15, 0.2) is 0 Å². The Kier molecular flexibility index (Phi) is 2.94. The molecule has 3 rings (SSSR count). The van der Waals surface area contributed by atoms with Crippen molar-refractivity contribution in [1.29, 1.82) is 0 Å². The van der Waals surface area contributed by atoms with Gasteiger partial charge in [0.1, 0.15) is 5.75 Å². The summed E-state index contributed by atoms with van der Waals surface area (Å²) in [6.45, 7) is 12.0. The summed E-state index contributed by atoms with van der Waals surface area (Å²) in [5.74, 6) is 1.09. The molecule has 2 nitrogen and oxygen atoms in total. The topological polar surface area (TPSA) is 22.1 Å². The van der Waals surface area contributed by atoms with Crippen LogP contribution < -0.4 is 4.74 Å². The molecule has 0 fully saturated rings. The van der Waals surface area contributed by atoms with Gasteiger partial charge in [-0.1, -0.05) is 46.8 Å². The summed E-state index contributed by atoms with van der Waals surface area (Å²) in [7, 11) is 0. The Labute approximate surface area is 124 Å². The fourth-order valence-corrected chi connectivity index (χ4v) is 3.53. The van der Waals surface area contributed by atoms with E-state index in [-0.39, 0.29) is 10.8 Å². The van der Waals surface area contributed by atoms with Crippen LogP contribution in [0.1, 0.15) is 45.7 Å². The Bertz CT molecular complexity index is 636. The lowest BCUT2D eigenvalue weighted by atomic mass is 9.78. The van der Waals surface area contributed by atoms with Crippen molar-refractivity contribution >= 4 is 11.3 Å². The van der Waals surface area contributed by atoms with Gasteiger partial charge in [0.05, 0.1) is 17.0 Å². The lowest BCUT2D eigenvalue weighted by Crippen LogP contribution is -2.19. The molecule has 2 aromatic rings. The Hall–Kier alpha value is -1.35. The average molecular weight is 287 g/mol. The zero-order valence-electron chi connectivity index (χ0n) is 12.8. The fraction of sp³-hybridized carbons (Fsp3) is 0.471. The van der Waals surface area contributed by atoms with Crippen molar-refractivity contribution in [2.45, 2.75) is 45.4 Å². The van der Waals surface area contributed by atoms with E-state index in [2.05, 4.69) is 51.7 Å². The summed E-state index contributed by atoms with van der Waals surface area (Å²) in [6.07, 6.45) is 1.95. The van der Waals surface area contributed by atoms with Crippen molar-refractivity contribution in [3.63, 3.8) is 0 Å². The highest BCUT2D eigenvalue weighted by atomic mass is 32.1. The summed E-state index contributed by atoms with van der Waals surface area (Å²) < 4.78 is 6.09. The van der Waals surface area contributed by atoms with Crippen molar-refractivity contribution in [3.05, 3.63) is 35.0 Å². The summed E-state index contributed by atoms with van der Waals surface area (Å²) in [5, 5.41) is 0. The summed E-state index contributed by atoms with van der Waals surface area (Å²) in [5.41, 5.74) is 5.95. The minimum Gasteiger partial charge on any atom is -0.492 e. The molecule has 0 N–H and O–H groups in total. The van der Waals surface area contributed by atoms with Crippen LogP contribution in [0.4, 0.5) is 0 Å². The third kappa shape index (κ3) is 2.05. The first kappa shape index (κ1) is 13.6. The number of ether oxygens (including phenoxy) is 1. The van der Waals surface area contributed by atoms with Crippen LogP contribution >= 0.6 is 11.3 Å². The molecule has 0 bridgehead atoms. The molecular weight excluding hydrogens is 266 g/mol. The van der Waals surface area contributed by atoms with Crippen LogP contribution in [0.25, 0.3) is 10.4 Å². The van der Waals surface area contributed by atoms with E-state index < -0.39 is 0 Å². The van der Waals surface area contributed by atoms with E-state index in [4.69, 9.17) is 4.74 Å². The normalized spacial score (nSPS) is 16.9. The Morgan fingerprint density at radius 2 is 2.00 bits per heavy atom. The van der Waals surface area contributed by atoms with Gasteiger partial charge < -0.3 is 4.74 Å². The second kappa shape index (κ2) is 4.32. The lowest BCUT2D eigenvalue weighted by Gasteiger charge is -2.24. The monoisotopic (exact) mass is 287 g/mol. The zero-order valence-corrected chi connectivity index (χ0v) is 13.6. The highest BCUT2D eigenvalue weighted by molar-refractivity contribution is 7.13. The molecule has 1 aromatic heterocycles. The minimum atomic E-state index is 0.0515. The molecule has 0 saturated carbocycles. The maximum Gasteiger partial charge on any atom is 0.127 e. The molecule has 0 aliphatic carbocycles. The van der Waals surface area contributed by atoms with Crippen molar-refractivity contribution in [2.75, 3.05) is 6.61 Å². The van der Waals surface area contributed by atoms with E-state index in [9.17, 15) is 0 Å². The second-order valence-corrected chi connectivity index (χ2v) is 8.04. The highest BCUT2D eigenvalue weighted by Crippen LogP contribution is 2.49. The second-order valence-electron chi connectivity index (χ2n) is 7.15. The van der Waals surface area contributed by atoms with E-state index in [0.29, 0.717) is 0 Å². The maximum absolute atomic E-state index is 6.09. The number of hydrogen-bond donors (Lipinski definition) is 0. The summed E-state index contributed by atoms with van der Waals surface area (Å²) >= 11 is 1.69. The number of nitrogens with zero attached hydrogens (tertiary/aromatic N) is 1. The van der Waals surface area contributed by atoms with Crippen molar-refractivity contribution in [2.24, 2.45) is 0 Å². The van der Waals surface area contributed by atoms with Gasteiger partial charge in [0.2, 0.25) is 0 Å². The van der Waals surface area contributed by atoms with Gasteiger partial charge in [-0.05, 0) is 11.0 Å². The zero-order chi connectivity index (χ0) is 14.5. The van der Waals surface area contributed by atoms with Gasteiger partial charge >= 0.3 is 0 Å². The third-order valence-electron chi connectivity index (χ3n) is 3.92. The standard InChI is InChI=1S/C17H21NOS/c1-16(2,3)12-7-6-11(13-8-18-10-20-13)14-15(12)19-9-17(14,4)5/h6-8,10H,9H2,1-5H3. The molecule has 20 heavy (non-hydrogen) atoms. The quantitative estimate of drug-likeness (QED) is 0.753. The molecule has 0 unspecified atom stereocenters. The summed E-state index contributed by atoms with van der Waals surface area (Å²) in [4.78, 5) is 5.44. The van der Waals surface area contributed by atoms with E-state index in [1.165, 1.54) is 21.6 Å². The van der Waals surface area contributed by atoms with Crippen LogP contribution in [0.15, 0.2) is 23.8 Å². The third-order valence-corrected chi connectivity index (χ3v) is 4.72. The molecule has 3 heteroatoms. The molecule has 1 aliphatic heterocycles. The van der Waals surface area contributed by atoms with Crippen LogP contribution in [0.3, 0.4) is 0 Å². The number of benzene rings is 1. The molecule has 0 radical (unpaired) electrons. The largest absolute Gasteiger partial charge is 0.492 e. The van der Waals surface area contributed by atoms with Crippen LogP contribution in [0.2, 0.25) is 0 Å². The Morgan fingerprint density at radius 1 is 1.25 bits per heavy atom. The Balaban J connectivity index is 2.29. The van der Waals surface area contributed by atoms with Crippen molar-refractivity contribution < 1.29 is 4.74 Å². The molecule has 2 heterocycles. The molecule has 0 spiro atoms. The molecule has 1 aromatic carbocycles. The van der Waals surface area contributed by atoms with Crippen molar-refractivity contribution in [1.82, 2.24) is 4.98 Å². The molecule has 0 amide bonds. The predicted molar refractivity (Wildman–Crippen MR) is 84.8 cm³/mol. The SMILES string of the molecule is CC(C)(C)c1ccc(-c2cncs2)c2c1OCC2(C)C. The lowest BCUT2D eigenvalue weighted by molar-refractivity contribution is 0.286. The molecule has 1 aliphatic rings. The smallest absolute Gasteiger partial charge is 0.127 e. The van der Waals surface area contributed by atoms with E-state index in [1.807, 2.05) is 11.7 Å². The van der Waals surface area contributed by atoms with E-state index in [1.54, 1.807) is 11.3 Å². The van der Waals surface area contributed by atoms with Gasteiger partial charge in [0, 0.05) is 22.7 Å². The van der Waals surface area contributed by atoms with Crippen LogP contribution in [0.5, 0.6) is 5.75 Å². The first-order chi connectivity index (χ1) is 9.31. The average Bonchev–Trinajstić information content (AvgIpc) is 2.96. The molecule has 0 saturated heterocycles. The predicted octanol–water partition coefficient (Wildman–Crippen LogP) is 4.78. The van der Waals surface area contributed by atoms with Crippen LogP contribution in [-0.4, -0.2) is 11.6 Å². The van der Waals surface area contributed by atoms with E-state index in [0.717, 1.165) is 12.4 Å². The number of fused-ring (bicyclic) bond motifs is 1. The summed E-state index contributed by atoms with van der Waals surface area (Å²) in [6, 6.07) is 4.46. The number of rotatable bonds is 1. The van der Waals surface area contributed by atoms with Crippen LogP contribution in [0, 0.1) is 0 Å². The van der Waals surface area contributed by atoms with E-state index >= 15 is 0 Å². The number of thiazole rings is 1. The van der Waals surface area contributed by atoms with Gasteiger partial charge in [-0.15, -0.1) is 11.3 Å². The highest BCUT2D eigenvalue weighted by Gasteiger charge is 2.38.